The maximum Gasteiger partial charge on any atom is 0.238 e. The highest BCUT2D eigenvalue weighted by molar-refractivity contribution is 6.04. The van der Waals surface area contributed by atoms with Gasteiger partial charge in [-0.05, 0) is 25.1 Å². The Balaban J connectivity index is 1.66. The molecule has 0 bridgehead atoms. The molecule has 1 aliphatic rings. The number of hydrogen-bond donors (Lipinski definition) is 2. The fourth-order valence-electron chi connectivity index (χ4n) is 4.09. The molecule has 2 heterocycles. The molecule has 0 aliphatic carbocycles. The topological polar surface area (TPSA) is 103 Å². The van der Waals surface area contributed by atoms with Gasteiger partial charge in [-0.3, -0.25) is 29.3 Å². The lowest BCUT2D eigenvalue weighted by Gasteiger charge is -2.34. The molecule has 1 aliphatic heterocycles. The number of para-hydroxylation sites is 1. The van der Waals surface area contributed by atoms with Crippen molar-refractivity contribution in [1.29, 1.82) is 0 Å². The Bertz CT molecular complexity index is 950. The van der Waals surface area contributed by atoms with Crippen molar-refractivity contribution in [1.82, 2.24) is 24.9 Å². The summed E-state index contributed by atoms with van der Waals surface area (Å²) < 4.78 is 1.74. The van der Waals surface area contributed by atoms with Gasteiger partial charge in [-0.15, -0.1) is 0 Å². The molecule has 0 radical (unpaired) electrons. The minimum atomic E-state index is -0.337. The molecule has 2 N–H and O–H groups in total. The molecular weight excluding hydrogens is 410 g/mol. The van der Waals surface area contributed by atoms with E-state index < -0.39 is 0 Å². The van der Waals surface area contributed by atoms with E-state index in [1.165, 1.54) is 0 Å². The van der Waals surface area contributed by atoms with Crippen LogP contribution >= 0.6 is 0 Å². The zero-order valence-electron chi connectivity index (χ0n) is 19.1. The number of aromatic nitrogens is 2. The molecule has 32 heavy (non-hydrogen) atoms. The van der Waals surface area contributed by atoms with Crippen molar-refractivity contribution in [3.05, 3.63) is 18.2 Å². The van der Waals surface area contributed by atoms with E-state index in [0.717, 1.165) is 50.0 Å². The van der Waals surface area contributed by atoms with E-state index in [2.05, 4.69) is 32.5 Å². The molecule has 1 fully saturated rings. The fourth-order valence-corrected chi connectivity index (χ4v) is 4.09. The van der Waals surface area contributed by atoms with Crippen LogP contribution < -0.4 is 15.5 Å². The number of benzene rings is 1. The van der Waals surface area contributed by atoms with Gasteiger partial charge in [0.1, 0.15) is 0 Å². The quantitative estimate of drug-likeness (QED) is 0.520. The van der Waals surface area contributed by atoms with Crippen molar-refractivity contribution in [2.75, 3.05) is 63.1 Å². The van der Waals surface area contributed by atoms with Gasteiger partial charge in [0.15, 0.2) is 5.82 Å². The van der Waals surface area contributed by atoms with Gasteiger partial charge in [-0.25, -0.2) is 0 Å². The van der Waals surface area contributed by atoms with Crippen LogP contribution in [0.25, 0.3) is 10.9 Å². The number of nitrogens with zero attached hydrogens (tertiary/aromatic N) is 5. The zero-order valence-corrected chi connectivity index (χ0v) is 19.1. The second-order valence-corrected chi connectivity index (χ2v) is 8.17. The number of rotatable bonds is 10. The monoisotopic (exact) mass is 443 g/mol. The lowest BCUT2D eigenvalue weighted by molar-refractivity contribution is -0.125. The number of piperazine rings is 1. The molecule has 2 aromatic rings. The summed E-state index contributed by atoms with van der Waals surface area (Å²) in [5.41, 5.74) is 1.54. The van der Waals surface area contributed by atoms with Crippen LogP contribution in [0.15, 0.2) is 18.2 Å². The highest BCUT2D eigenvalue weighted by atomic mass is 16.2. The van der Waals surface area contributed by atoms with E-state index in [1.807, 2.05) is 37.2 Å². The summed E-state index contributed by atoms with van der Waals surface area (Å²) in [6, 6.07) is 5.71. The predicted molar refractivity (Wildman–Crippen MR) is 125 cm³/mol. The third-order valence-electron chi connectivity index (χ3n) is 5.75. The van der Waals surface area contributed by atoms with Crippen molar-refractivity contribution in [3.63, 3.8) is 0 Å². The maximum absolute atomic E-state index is 12.7. The largest absolute Gasteiger partial charge is 0.357 e. The normalized spacial score (nSPS) is 15.0. The average Bonchev–Trinajstić information content (AvgIpc) is 3.11. The van der Waals surface area contributed by atoms with Crippen molar-refractivity contribution in [2.45, 2.75) is 19.8 Å². The van der Waals surface area contributed by atoms with Crippen LogP contribution in [0.3, 0.4) is 0 Å². The van der Waals surface area contributed by atoms with Gasteiger partial charge in [0, 0.05) is 58.6 Å². The van der Waals surface area contributed by atoms with Gasteiger partial charge >= 0.3 is 0 Å². The Morgan fingerprint density at radius 2 is 1.88 bits per heavy atom. The van der Waals surface area contributed by atoms with Crippen LogP contribution in [0.2, 0.25) is 0 Å². The number of aryl methyl sites for hydroxylation is 1. The van der Waals surface area contributed by atoms with Crippen LogP contribution in [0.5, 0.6) is 0 Å². The molecule has 0 saturated carbocycles. The molecule has 1 aromatic heterocycles. The van der Waals surface area contributed by atoms with Gasteiger partial charge in [0.2, 0.25) is 18.2 Å². The first-order valence-corrected chi connectivity index (χ1v) is 11.1. The number of imide groups is 1. The summed E-state index contributed by atoms with van der Waals surface area (Å²) in [6.45, 7) is 7.87. The third-order valence-corrected chi connectivity index (χ3v) is 5.75. The van der Waals surface area contributed by atoms with Crippen LogP contribution in [0, 0.1) is 0 Å². The van der Waals surface area contributed by atoms with Gasteiger partial charge in [0.25, 0.3) is 0 Å². The predicted octanol–water partition coefficient (Wildman–Crippen LogP) is 0.638. The second-order valence-electron chi connectivity index (χ2n) is 8.17. The summed E-state index contributed by atoms with van der Waals surface area (Å²) >= 11 is 0. The number of nitrogens with one attached hydrogen (secondary N) is 2. The van der Waals surface area contributed by atoms with Crippen molar-refractivity contribution in [2.24, 2.45) is 7.05 Å². The van der Waals surface area contributed by atoms with Gasteiger partial charge in [-0.2, -0.15) is 5.10 Å². The van der Waals surface area contributed by atoms with E-state index >= 15 is 0 Å². The Morgan fingerprint density at radius 1 is 1.16 bits per heavy atom. The highest BCUT2D eigenvalue weighted by Crippen LogP contribution is 2.30. The van der Waals surface area contributed by atoms with E-state index in [4.69, 9.17) is 0 Å². The summed E-state index contributed by atoms with van der Waals surface area (Å²) in [7, 11) is 3.68. The Hall–Kier alpha value is -2.98. The molecule has 0 spiro atoms. The van der Waals surface area contributed by atoms with Crippen LogP contribution in [0.4, 0.5) is 11.5 Å². The standard InChI is InChI=1S/C22H33N7O3/c1-4-9-28-11-13-29(14-12-28)15-20(32)24-18-7-5-6-17-21(18)27(3)25-22(17)26(2)10-8-19(31)23-16-30/h5-7,16H,4,8-15H2,1-3H3,(H,24,32)(H,23,30,31). The lowest BCUT2D eigenvalue weighted by atomic mass is 10.2. The first-order chi connectivity index (χ1) is 15.4. The summed E-state index contributed by atoms with van der Waals surface area (Å²) in [5.74, 6) is 0.336. The summed E-state index contributed by atoms with van der Waals surface area (Å²) in [4.78, 5) is 41.2. The molecular formula is C22H33N7O3. The second kappa shape index (κ2) is 11.1. The molecule has 0 atom stereocenters. The highest BCUT2D eigenvalue weighted by Gasteiger charge is 2.20. The zero-order chi connectivity index (χ0) is 23.1. The molecule has 0 unspecified atom stereocenters. The minimum absolute atomic E-state index is 0.0388. The van der Waals surface area contributed by atoms with Gasteiger partial charge in [-0.1, -0.05) is 13.0 Å². The third kappa shape index (κ3) is 5.83. The molecule has 3 rings (SSSR count). The molecule has 1 saturated heterocycles. The van der Waals surface area contributed by atoms with Crippen LogP contribution in [-0.4, -0.2) is 90.7 Å². The van der Waals surface area contributed by atoms with Crippen LogP contribution in [0.1, 0.15) is 19.8 Å². The van der Waals surface area contributed by atoms with Crippen molar-refractivity contribution in [3.8, 4) is 0 Å². The minimum Gasteiger partial charge on any atom is -0.357 e. The molecule has 174 valence electrons. The SMILES string of the molecule is CCCN1CCN(CC(=O)Nc2cccc3c(N(C)CCC(=O)NC=O)nn(C)c23)CC1. The van der Waals surface area contributed by atoms with E-state index in [0.29, 0.717) is 31.0 Å². The smallest absolute Gasteiger partial charge is 0.238 e. The molecule has 10 heteroatoms. The first-order valence-electron chi connectivity index (χ1n) is 11.1. The van der Waals surface area contributed by atoms with Crippen molar-refractivity contribution >= 4 is 40.6 Å². The number of fused-ring (bicyclic) bond motifs is 1. The Labute approximate surface area is 188 Å². The van der Waals surface area contributed by atoms with E-state index in [-0.39, 0.29) is 18.2 Å². The van der Waals surface area contributed by atoms with Crippen molar-refractivity contribution < 1.29 is 14.4 Å². The summed E-state index contributed by atoms with van der Waals surface area (Å²) in [5, 5.41) is 10.7. The summed E-state index contributed by atoms with van der Waals surface area (Å²) in [6.07, 6.45) is 1.71. The fraction of sp³-hybridized carbons (Fsp3) is 0.545. The van der Waals surface area contributed by atoms with E-state index in [9.17, 15) is 14.4 Å². The number of hydrogen-bond acceptors (Lipinski definition) is 7. The first kappa shape index (κ1) is 23.7. The molecule has 10 nitrogen and oxygen atoms in total. The molecule has 1 aromatic carbocycles. The van der Waals surface area contributed by atoms with Crippen LogP contribution in [-0.2, 0) is 21.4 Å². The van der Waals surface area contributed by atoms with Gasteiger partial charge in [0.05, 0.1) is 17.7 Å². The van der Waals surface area contributed by atoms with E-state index in [1.54, 1.807) is 4.68 Å². The number of anilines is 2. The maximum atomic E-state index is 12.7. The number of carbonyl (C=O) groups excluding carboxylic acids is 3. The number of carbonyl (C=O) groups is 3. The number of amides is 3. The molecule has 3 amide bonds. The Morgan fingerprint density at radius 3 is 2.56 bits per heavy atom. The lowest BCUT2D eigenvalue weighted by Crippen LogP contribution is -2.48. The average molecular weight is 444 g/mol. The Kier molecular flexibility index (Phi) is 8.18. The van der Waals surface area contributed by atoms with Gasteiger partial charge < -0.3 is 15.1 Å².